The number of amides is 1. The Morgan fingerprint density at radius 2 is 1.76 bits per heavy atom. The number of carbonyl (C=O) groups is 1. The van der Waals surface area contributed by atoms with Crippen LogP contribution < -0.4 is 4.74 Å². The van der Waals surface area contributed by atoms with Gasteiger partial charge in [-0.25, -0.2) is 17.5 Å². The highest BCUT2D eigenvalue weighted by atomic mass is 32.2. The Labute approximate surface area is 198 Å². The second-order valence-electron chi connectivity index (χ2n) is 8.94. The molecule has 0 aliphatic heterocycles. The van der Waals surface area contributed by atoms with E-state index in [1.165, 1.54) is 19.2 Å². The Kier molecular flexibility index (Phi) is 5.99. The van der Waals surface area contributed by atoms with Crippen LogP contribution in [0.2, 0.25) is 0 Å². The van der Waals surface area contributed by atoms with Gasteiger partial charge in [-0.05, 0) is 68.8 Å². The van der Waals surface area contributed by atoms with Gasteiger partial charge >= 0.3 is 6.09 Å². The van der Waals surface area contributed by atoms with Crippen molar-refractivity contribution >= 4 is 38.1 Å². The number of hydrogen-bond acceptors (Lipinski definition) is 6. The summed E-state index contributed by atoms with van der Waals surface area (Å²) in [6, 6.07) is 16.2. The summed E-state index contributed by atoms with van der Waals surface area (Å²) in [5.41, 5.74) is 2.93. The summed E-state index contributed by atoms with van der Waals surface area (Å²) in [5.74, 6) is 0.751. The summed E-state index contributed by atoms with van der Waals surface area (Å²) >= 11 is 0. The summed E-state index contributed by atoms with van der Waals surface area (Å²) in [4.78, 5) is 16.8. The number of nitrogens with zero attached hydrogens (tertiary/aromatic N) is 3. The standard InChI is InChI=1S/C25H27N3O5S/c1-25(2,3)33-24(29)27(4)34(30,31)19-11-8-17(9-12-19)16-28-21-13-10-18(32-5)15-20(21)23-22(28)7-6-14-26-23/h6-15H,16H2,1-5H3. The van der Waals surface area contributed by atoms with Crippen LogP contribution in [0.15, 0.2) is 65.7 Å². The smallest absolute Gasteiger partial charge is 0.424 e. The van der Waals surface area contributed by atoms with Gasteiger partial charge in [0.1, 0.15) is 11.4 Å². The van der Waals surface area contributed by atoms with Crippen molar-refractivity contribution in [3.05, 3.63) is 66.4 Å². The molecule has 0 saturated heterocycles. The molecule has 0 fully saturated rings. The van der Waals surface area contributed by atoms with Gasteiger partial charge in [-0.3, -0.25) is 4.98 Å². The van der Waals surface area contributed by atoms with E-state index in [-0.39, 0.29) is 4.90 Å². The molecule has 178 valence electrons. The van der Waals surface area contributed by atoms with Gasteiger partial charge in [0.25, 0.3) is 10.0 Å². The molecule has 0 aliphatic carbocycles. The van der Waals surface area contributed by atoms with E-state index in [4.69, 9.17) is 9.47 Å². The van der Waals surface area contributed by atoms with Gasteiger partial charge in [0, 0.05) is 25.2 Å². The predicted molar refractivity (Wildman–Crippen MR) is 131 cm³/mol. The maximum atomic E-state index is 12.9. The molecule has 1 amide bonds. The third-order valence-corrected chi connectivity index (χ3v) is 7.14. The summed E-state index contributed by atoms with van der Waals surface area (Å²) in [6.45, 7) is 5.56. The number of carbonyl (C=O) groups excluding carboxylic acids is 1. The van der Waals surface area contributed by atoms with E-state index >= 15 is 0 Å². The predicted octanol–water partition coefficient (Wildman–Crippen LogP) is 4.80. The lowest BCUT2D eigenvalue weighted by molar-refractivity contribution is 0.0420. The van der Waals surface area contributed by atoms with Crippen LogP contribution in [0.5, 0.6) is 5.75 Å². The third-order valence-electron chi connectivity index (χ3n) is 5.40. The maximum Gasteiger partial charge on any atom is 0.424 e. The number of pyridine rings is 1. The molecular formula is C25H27N3O5S. The molecule has 34 heavy (non-hydrogen) atoms. The second kappa shape index (κ2) is 8.64. The van der Waals surface area contributed by atoms with Gasteiger partial charge in [0.05, 0.1) is 28.6 Å². The van der Waals surface area contributed by atoms with E-state index in [2.05, 4.69) is 9.55 Å². The van der Waals surface area contributed by atoms with E-state index in [9.17, 15) is 13.2 Å². The Balaban J connectivity index is 1.65. The SMILES string of the molecule is COc1ccc2c(c1)c1ncccc1n2Cc1ccc(S(=O)(=O)N(C)C(=O)OC(C)(C)C)cc1. The quantitative estimate of drug-likeness (QED) is 0.407. The molecule has 2 heterocycles. The van der Waals surface area contributed by atoms with Crippen LogP contribution in [0.1, 0.15) is 26.3 Å². The lowest BCUT2D eigenvalue weighted by atomic mass is 10.2. The average Bonchev–Trinajstić information content (AvgIpc) is 3.10. The molecule has 2 aromatic heterocycles. The van der Waals surface area contributed by atoms with Crippen molar-refractivity contribution in [2.24, 2.45) is 0 Å². The minimum Gasteiger partial charge on any atom is -0.497 e. The van der Waals surface area contributed by atoms with Crippen LogP contribution in [-0.4, -0.2) is 48.1 Å². The summed E-state index contributed by atoms with van der Waals surface area (Å²) < 4.78 is 39.1. The molecule has 0 N–H and O–H groups in total. The van der Waals surface area contributed by atoms with Gasteiger partial charge < -0.3 is 14.0 Å². The Morgan fingerprint density at radius 1 is 1.06 bits per heavy atom. The Morgan fingerprint density at radius 3 is 2.41 bits per heavy atom. The first-order valence-electron chi connectivity index (χ1n) is 10.7. The Hall–Kier alpha value is -3.59. The monoisotopic (exact) mass is 481 g/mol. The van der Waals surface area contributed by atoms with Crippen LogP contribution in [0.4, 0.5) is 4.79 Å². The molecule has 9 heteroatoms. The first kappa shape index (κ1) is 23.6. The van der Waals surface area contributed by atoms with E-state index < -0.39 is 21.7 Å². The van der Waals surface area contributed by atoms with Crippen molar-refractivity contribution in [1.29, 1.82) is 0 Å². The van der Waals surface area contributed by atoms with Gasteiger partial charge in [0.15, 0.2) is 0 Å². The lowest BCUT2D eigenvalue weighted by Gasteiger charge is -2.24. The Bertz CT molecular complexity index is 1470. The molecule has 8 nitrogen and oxygen atoms in total. The second-order valence-corrected chi connectivity index (χ2v) is 10.9. The molecule has 4 rings (SSSR count). The van der Waals surface area contributed by atoms with Gasteiger partial charge in [-0.15, -0.1) is 0 Å². The van der Waals surface area contributed by atoms with Crippen LogP contribution in [0.3, 0.4) is 0 Å². The van der Waals surface area contributed by atoms with Crippen molar-refractivity contribution in [2.75, 3.05) is 14.2 Å². The number of benzene rings is 2. The van der Waals surface area contributed by atoms with Crippen LogP contribution in [0.25, 0.3) is 21.9 Å². The van der Waals surface area contributed by atoms with Crippen molar-refractivity contribution in [2.45, 2.75) is 37.8 Å². The molecule has 0 bridgehead atoms. The summed E-state index contributed by atoms with van der Waals surface area (Å²) in [7, 11) is -1.22. The van der Waals surface area contributed by atoms with E-state index in [1.54, 1.807) is 46.2 Å². The number of methoxy groups -OCH3 is 1. The highest BCUT2D eigenvalue weighted by molar-refractivity contribution is 7.89. The zero-order valence-corrected chi connectivity index (χ0v) is 20.6. The number of ether oxygens (including phenoxy) is 2. The zero-order valence-electron chi connectivity index (χ0n) is 19.8. The lowest BCUT2D eigenvalue weighted by Crippen LogP contribution is -2.38. The molecule has 0 atom stereocenters. The minimum atomic E-state index is -4.04. The third kappa shape index (κ3) is 4.43. The first-order valence-corrected chi connectivity index (χ1v) is 12.2. The number of rotatable bonds is 5. The van der Waals surface area contributed by atoms with Crippen molar-refractivity contribution in [3.8, 4) is 5.75 Å². The van der Waals surface area contributed by atoms with Crippen LogP contribution in [-0.2, 0) is 21.3 Å². The molecule has 0 spiro atoms. The molecule has 0 unspecified atom stereocenters. The van der Waals surface area contributed by atoms with E-state index in [1.807, 2.05) is 30.3 Å². The summed E-state index contributed by atoms with van der Waals surface area (Å²) in [6.07, 6.45) is 0.830. The number of aromatic nitrogens is 2. The molecule has 2 aromatic carbocycles. The average molecular weight is 482 g/mol. The largest absolute Gasteiger partial charge is 0.497 e. The molecule has 0 aliphatic rings. The highest BCUT2D eigenvalue weighted by Crippen LogP contribution is 2.31. The fraction of sp³-hybridized carbons (Fsp3) is 0.280. The molecular weight excluding hydrogens is 454 g/mol. The van der Waals surface area contributed by atoms with E-state index in [0.29, 0.717) is 10.8 Å². The van der Waals surface area contributed by atoms with E-state index in [0.717, 1.165) is 33.2 Å². The van der Waals surface area contributed by atoms with Crippen LogP contribution in [0, 0.1) is 0 Å². The topological polar surface area (TPSA) is 90.7 Å². The maximum absolute atomic E-state index is 12.9. The van der Waals surface area contributed by atoms with Crippen molar-refractivity contribution in [1.82, 2.24) is 13.9 Å². The van der Waals surface area contributed by atoms with Crippen molar-refractivity contribution < 1.29 is 22.7 Å². The van der Waals surface area contributed by atoms with Gasteiger partial charge in [-0.2, -0.15) is 0 Å². The zero-order chi connectivity index (χ0) is 24.7. The highest BCUT2D eigenvalue weighted by Gasteiger charge is 2.29. The first-order chi connectivity index (χ1) is 16.0. The van der Waals surface area contributed by atoms with Crippen LogP contribution >= 0.6 is 0 Å². The normalized spacial score (nSPS) is 12.1. The van der Waals surface area contributed by atoms with Gasteiger partial charge in [-0.1, -0.05) is 12.1 Å². The van der Waals surface area contributed by atoms with Crippen molar-refractivity contribution in [3.63, 3.8) is 0 Å². The fourth-order valence-corrected chi connectivity index (χ4v) is 4.75. The molecule has 0 saturated carbocycles. The number of hydrogen-bond donors (Lipinski definition) is 0. The fourth-order valence-electron chi connectivity index (χ4n) is 3.72. The molecule has 0 radical (unpaired) electrons. The number of fused-ring (bicyclic) bond motifs is 3. The molecule has 4 aromatic rings. The summed E-state index contributed by atoms with van der Waals surface area (Å²) in [5, 5.41) is 0.980. The van der Waals surface area contributed by atoms with Gasteiger partial charge in [0.2, 0.25) is 0 Å². The minimum absolute atomic E-state index is 0.0123. The number of sulfonamides is 1.